The first-order chi connectivity index (χ1) is 10.7. The molecule has 1 heterocycles. The molecule has 0 saturated heterocycles. The molecule has 0 aliphatic heterocycles. The molecule has 0 radical (unpaired) electrons. The lowest BCUT2D eigenvalue weighted by Gasteiger charge is -2.09. The molecule has 2 N–H and O–H groups in total. The first kappa shape index (κ1) is 13.0. The first-order valence-electron chi connectivity index (χ1n) is 6.94. The Hall–Kier alpha value is -2.65. The van der Waals surface area contributed by atoms with Crippen LogP contribution in [0.2, 0.25) is 5.02 Å². The van der Waals surface area contributed by atoms with E-state index >= 15 is 0 Å². The second-order valence-corrected chi connectivity index (χ2v) is 5.50. The molecule has 106 valence electrons. The molecule has 0 fully saturated rings. The molecule has 22 heavy (non-hydrogen) atoms. The molecule has 0 atom stereocenters. The van der Waals surface area contributed by atoms with Gasteiger partial charge >= 0.3 is 0 Å². The molecule has 0 amide bonds. The lowest BCUT2D eigenvalue weighted by atomic mass is 10.0. The van der Waals surface area contributed by atoms with Crippen LogP contribution < -0.4 is 5.73 Å². The van der Waals surface area contributed by atoms with Crippen molar-refractivity contribution >= 4 is 39.1 Å². The third kappa shape index (κ3) is 1.98. The number of nitrogen functional groups attached to an aromatic ring is 1. The Kier molecular flexibility index (Phi) is 2.94. The average molecular weight is 306 g/mol. The Morgan fingerprint density at radius 2 is 1.50 bits per heavy atom. The number of hydrogen-bond donors (Lipinski definition) is 1. The van der Waals surface area contributed by atoms with Crippen molar-refractivity contribution in [3.63, 3.8) is 0 Å². The fourth-order valence-corrected chi connectivity index (χ4v) is 2.90. The molecule has 0 bridgehead atoms. The maximum atomic E-state index is 6.26. The first-order valence-corrected chi connectivity index (χ1v) is 7.32. The zero-order chi connectivity index (χ0) is 15.1. The van der Waals surface area contributed by atoms with Crippen LogP contribution in [-0.4, -0.2) is 9.97 Å². The maximum Gasteiger partial charge on any atom is 0.162 e. The number of anilines is 1. The van der Waals surface area contributed by atoms with E-state index in [0.717, 1.165) is 21.7 Å². The molecule has 1 aromatic heterocycles. The number of para-hydroxylation sites is 1. The fraction of sp³-hybridized carbons (Fsp3) is 0. The van der Waals surface area contributed by atoms with Gasteiger partial charge in [-0.2, -0.15) is 0 Å². The van der Waals surface area contributed by atoms with E-state index in [2.05, 4.69) is 28.2 Å². The number of nitrogens with zero attached hydrogens (tertiary/aromatic N) is 2. The monoisotopic (exact) mass is 305 g/mol. The maximum absolute atomic E-state index is 6.26. The number of benzene rings is 3. The Labute approximate surface area is 132 Å². The van der Waals surface area contributed by atoms with Gasteiger partial charge in [-0.1, -0.05) is 60.1 Å². The van der Waals surface area contributed by atoms with Gasteiger partial charge in [0.1, 0.15) is 5.82 Å². The number of hydrogen-bond acceptors (Lipinski definition) is 3. The van der Waals surface area contributed by atoms with Crippen LogP contribution in [0.25, 0.3) is 33.1 Å². The molecule has 0 aliphatic rings. The SMILES string of the molecule is Nc1nc(-c2cccc3ccccc23)nc2c(Cl)cccc12. The van der Waals surface area contributed by atoms with Crippen molar-refractivity contribution in [3.05, 3.63) is 65.7 Å². The summed E-state index contributed by atoms with van der Waals surface area (Å²) < 4.78 is 0. The number of nitrogens with two attached hydrogens (primary N) is 1. The number of fused-ring (bicyclic) bond motifs is 2. The summed E-state index contributed by atoms with van der Waals surface area (Å²) >= 11 is 6.26. The zero-order valence-corrected chi connectivity index (χ0v) is 12.4. The molecular formula is C18H12ClN3. The van der Waals surface area contributed by atoms with E-state index in [1.54, 1.807) is 0 Å². The van der Waals surface area contributed by atoms with Crippen LogP contribution in [0.4, 0.5) is 5.82 Å². The molecule has 3 nitrogen and oxygen atoms in total. The van der Waals surface area contributed by atoms with Gasteiger partial charge in [-0.3, -0.25) is 0 Å². The van der Waals surface area contributed by atoms with Gasteiger partial charge in [0.05, 0.1) is 10.5 Å². The van der Waals surface area contributed by atoms with Crippen molar-refractivity contribution in [1.82, 2.24) is 9.97 Å². The van der Waals surface area contributed by atoms with E-state index < -0.39 is 0 Å². The van der Waals surface area contributed by atoms with Crippen LogP contribution in [0.15, 0.2) is 60.7 Å². The Morgan fingerprint density at radius 1 is 0.773 bits per heavy atom. The van der Waals surface area contributed by atoms with Gasteiger partial charge in [0, 0.05) is 10.9 Å². The summed E-state index contributed by atoms with van der Waals surface area (Å²) in [4.78, 5) is 9.10. The van der Waals surface area contributed by atoms with Crippen molar-refractivity contribution in [2.24, 2.45) is 0 Å². The van der Waals surface area contributed by atoms with E-state index in [0.29, 0.717) is 22.2 Å². The third-order valence-electron chi connectivity index (χ3n) is 3.74. The molecule has 4 heteroatoms. The van der Waals surface area contributed by atoms with Gasteiger partial charge < -0.3 is 5.73 Å². The van der Waals surface area contributed by atoms with Gasteiger partial charge in [0.15, 0.2) is 5.82 Å². The van der Waals surface area contributed by atoms with Crippen LogP contribution in [0.3, 0.4) is 0 Å². The van der Waals surface area contributed by atoms with Crippen LogP contribution in [0.1, 0.15) is 0 Å². The van der Waals surface area contributed by atoms with Gasteiger partial charge in [0.2, 0.25) is 0 Å². The standard InChI is InChI=1S/C18H12ClN3/c19-15-10-4-9-14-16(15)21-18(22-17(14)20)13-8-3-6-11-5-1-2-7-12(11)13/h1-10H,(H2,20,21,22). The Balaban J connectivity index is 2.07. The largest absolute Gasteiger partial charge is 0.383 e. The van der Waals surface area contributed by atoms with E-state index in [-0.39, 0.29) is 0 Å². The van der Waals surface area contributed by atoms with Crippen LogP contribution >= 0.6 is 11.6 Å². The second kappa shape index (κ2) is 4.97. The highest BCUT2D eigenvalue weighted by molar-refractivity contribution is 6.35. The Bertz CT molecular complexity index is 1010. The van der Waals surface area contributed by atoms with Crippen molar-refractivity contribution < 1.29 is 0 Å². The summed E-state index contributed by atoms with van der Waals surface area (Å²) in [5.41, 5.74) is 7.73. The number of rotatable bonds is 1. The smallest absolute Gasteiger partial charge is 0.162 e. The van der Waals surface area contributed by atoms with Crippen LogP contribution in [0.5, 0.6) is 0 Å². The van der Waals surface area contributed by atoms with Gasteiger partial charge in [-0.25, -0.2) is 9.97 Å². The van der Waals surface area contributed by atoms with E-state index in [4.69, 9.17) is 17.3 Å². The summed E-state index contributed by atoms with van der Waals surface area (Å²) in [6, 6.07) is 19.7. The van der Waals surface area contributed by atoms with E-state index in [1.807, 2.05) is 42.5 Å². The minimum atomic E-state index is 0.440. The molecule has 0 spiro atoms. The highest BCUT2D eigenvalue weighted by Crippen LogP contribution is 2.31. The molecule has 0 unspecified atom stereocenters. The quantitative estimate of drug-likeness (QED) is 0.555. The summed E-state index contributed by atoms with van der Waals surface area (Å²) in [5.74, 6) is 1.03. The molecule has 0 aliphatic carbocycles. The van der Waals surface area contributed by atoms with Crippen molar-refractivity contribution in [2.45, 2.75) is 0 Å². The second-order valence-electron chi connectivity index (χ2n) is 5.10. The predicted octanol–water partition coefficient (Wildman–Crippen LogP) is 4.69. The predicted molar refractivity (Wildman–Crippen MR) is 91.9 cm³/mol. The van der Waals surface area contributed by atoms with Gasteiger partial charge in [-0.05, 0) is 22.9 Å². The summed E-state index contributed by atoms with van der Waals surface area (Å²) in [5, 5.41) is 3.59. The minimum absolute atomic E-state index is 0.440. The minimum Gasteiger partial charge on any atom is -0.383 e. The van der Waals surface area contributed by atoms with Gasteiger partial charge in [0.25, 0.3) is 0 Å². The molecule has 0 saturated carbocycles. The molecular weight excluding hydrogens is 294 g/mol. The van der Waals surface area contributed by atoms with Crippen LogP contribution in [0, 0.1) is 0 Å². The van der Waals surface area contributed by atoms with Gasteiger partial charge in [-0.15, -0.1) is 0 Å². The summed E-state index contributed by atoms with van der Waals surface area (Å²) in [6.45, 7) is 0. The summed E-state index contributed by atoms with van der Waals surface area (Å²) in [7, 11) is 0. The molecule has 3 aromatic carbocycles. The van der Waals surface area contributed by atoms with Crippen molar-refractivity contribution in [3.8, 4) is 11.4 Å². The Morgan fingerprint density at radius 3 is 2.41 bits per heavy atom. The number of aromatic nitrogens is 2. The molecule has 4 rings (SSSR count). The van der Waals surface area contributed by atoms with E-state index in [9.17, 15) is 0 Å². The van der Waals surface area contributed by atoms with Crippen molar-refractivity contribution in [1.29, 1.82) is 0 Å². The normalized spacial score (nSPS) is 11.1. The molecule has 4 aromatic rings. The number of halogens is 1. The summed E-state index contributed by atoms with van der Waals surface area (Å²) in [6.07, 6.45) is 0. The third-order valence-corrected chi connectivity index (χ3v) is 4.04. The lowest BCUT2D eigenvalue weighted by Crippen LogP contribution is -1.98. The zero-order valence-electron chi connectivity index (χ0n) is 11.6. The highest BCUT2D eigenvalue weighted by Gasteiger charge is 2.11. The topological polar surface area (TPSA) is 51.8 Å². The lowest BCUT2D eigenvalue weighted by molar-refractivity contribution is 1.24. The van der Waals surface area contributed by atoms with Crippen LogP contribution in [-0.2, 0) is 0 Å². The highest BCUT2D eigenvalue weighted by atomic mass is 35.5. The average Bonchev–Trinajstić information content (AvgIpc) is 2.55. The van der Waals surface area contributed by atoms with Crippen molar-refractivity contribution in [2.75, 3.05) is 5.73 Å². The van der Waals surface area contributed by atoms with E-state index in [1.165, 1.54) is 0 Å². The fourth-order valence-electron chi connectivity index (χ4n) is 2.68.